The van der Waals surface area contributed by atoms with Crippen LogP contribution in [0.1, 0.15) is 12.5 Å². The SMILES string of the molecule is CC(=O)Nc1ccc(Cl)cc1-c1ccc(-n2c(=N)n(Cc3cccc4[nH]ccc34)c3ccc(F)cc32)cn1. The number of anilines is 1. The van der Waals surface area contributed by atoms with Crippen LogP contribution in [-0.4, -0.2) is 25.0 Å². The molecule has 3 N–H and O–H groups in total. The summed E-state index contributed by atoms with van der Waals surface area (Å²) in [5, 5.41) is 13.5. The molecule has 7 nitrogen and oxygen atoms in total. The van der Waals surface area contributed by atoms with Crippen molar-refractivity contribution in [3.63, 3.8) is 0 Å². The van der Waals surface area contributed by atoms with Gasteiger partial charge in [-0.3, -0.25) is 19.8 Å². The minimum absolute atomic E-state index is 0.189. The fraction of sp³-hybridized carbons (Fsp3) is 0.0690. The molecular formula is C29H22ClFN6O. The lowest BCUT2D eigenvalue weighted by Gasteiger charge is -2.11. The zero-order valence-electron chi connectivity index (χ0n) is 20.3. The van der Waals surface area contributed by atoms with Gasteiger partial charge in [0, 0.05) is 40.7 Å². The van der Waals surface area contributed by atoms with Gasteiger partial charge < -0.3 is 14.9 Å². The van der Waals surface area contributed by atoms with Crippen LogP contribution < -0.4 is 10.9 Å². The second-order valence-electron chi connectivity index (χ2n) is 9.01. The molecule has 0 bridgehead atoms. The molecule has 6 rings (SSSR count). The average molecular weight is 525 g/mol. The first kappa shape index (κ1) is 23.7. The number of imidazole rings is 1. The molecule has 0 saturated heterocycles. The van der Waals surface area contributed by atoms with Crippen molar-refractivity contribution in [1.82, 2.24) is 19.1 Å². The van der Waals surface area contributed by atoms with Crippen molar-refractivity contribution in [1.29, 1.82) is 5.41 Å². The molecule has 9 heteroatoms. The lowest BCUT2D eigenvalue weighted by atomic mass is 10.1. The molecule has 1 amide bonds. The first-order chi connectivity index (χ1) is 18.4. The Morgan fingerprint density at radius 3 is 2.74 bits per heavy atom. The standard InChI is InChI=1S/C29H22ClFN6O/c1-17(38)35-26-8-5-19(30)13-23(26)25-9-7-21(15-34-25)37-28-14-20(31)6-10-27(28)36(29(37)32)16-18-3-2-4-24-22(18)11-12-33-24/h2-15,32-33H,16H2,1H3,(H,35,38). The second-order valence-corrected chi connectivity index (χ2v) is 9.44. The zero-order chi connectivity index (χ0) is 26.4. The van der Waals surface area contributed by atoms with Gasteiger partial charge in [0.1, 0.15) is 5.82 Å². The molecule has 0 unspecified atom stereocenters. The number of benzene rings is 3. The minimum atomic E-state index is -0.389. The number of carbonyl (C=O) groups excluding carboxylic acids is 1. The maximum absolute atomic E-state index is 14.4. The van der Waals surface area contributed by atoms with Crippen LogP contribution in [0.3, 0.4) is 0 Å². The van der Waals surface area contributed by atoms with Gasteiger partial charge in [-0.15, -0.1) is 0 Å². The zero-order valence-corrected chi connectivity index (χ0v) is 21.1. The van der Waals surface area contributed by atoms with Crippen molar-refractivity contribution >= 4 is 45.1 Å². The largest absolute Gasteiger partial charge is 0.361 e. The summed E-state index contributed by atoms with van der Waals surface area (Å²) in [5.74, 6) is -0.593. The number of nitrogens with one attached hydrogen (secondary N) is 3. The second kappa shape index (κ2) is 9.32. The van der Waals surface area contributed by atoms with Gasteiger partial charge in [-0.1, -0.05) is 23.7 Å². The molecule has 0 saturated carbocycles. The van der Waals surface area contributed by atoms with Crippen molar-refractivity contribution < 1.29 is 9.18 Å². The average Bonchev–Trinajstić information content (AvgIpc) is 3.48. The molecule has 0 aliphatic carbocycles. The third-order valence-electron chi connectivity index (χ3n) is 6.52. The van der Waals surface area contributed by atoms with Crippen LogP contribution in [0.2, 0.25) is 5.02 Å². The first-order valence-electron chi connectivity index (χ1n) is 11.9. The van der Waals surface area contributed by atoms with Crippen LogP contribution in [0.4, 0.5) is 10.1 Å². The fourth-order valence-corrected chi connectivity index (χ4v) is 5.01. The van der Waals surface area contributed by atoms with Gasteiger partial charge in [-0.2, -0.15) is 0 Å². The Hall–Kier alpha value is -4.69. The molecule has 38 heavy (non-hydrogen) atoms. The Morgan fingerprint density at radius 2 is 1.95 bits per heavy atom. The van der Waals surface area contributed by atoms with E-state index in [1.165, 1.54) is 19.1 Å². The topological polar surface area (TPSA) is 91.5 Å². The van der Waals surface area contributed by atoms with E-state index in [0.29, 0.717) is 39.7 Å². The fourth-order valence-electron chi connectivity index (χ4n) is 4.84. The molecule has 3 aromatic heterocycles. The van der Waals surface area contributed by atoms with E-state index in [4.69, 9.17) is 17.0 Å². The highest BCUT2D eigenvalue weighted by Gasteiger charge is 2.16. The summed E-state index contributed by atoms with van der Waals surface area (Å²) in [6.45, 7) is 1.88. The van der Waals surface area contributed by atoms with E-state index in [-0.39, 0.29) is 17.3 Å². The molecule has 3 heterocycles. The number of H-pyrrole nitrogens is 1. The summed E-state index contributed by atoms with van der Waals surface area (Å²) >= 11 is 6.22. The molecule has 0 atom stereocenters. The molecule has 0 radical (unpaired) electrons. The monoisotopic (exact) mass is 524 g/mol. The molecule has 0 fully saturated rings. The van der Waals surface area contributed by atoms with Crippen molar-refractivity contribution in [2.45, 2.75) is 13.5 Å². The summed E-state index contributed by atoms with van der Waals surface area (Å²) < 4.78 is 17.9. The number of fused-ring (bicyclic) bond motifs is 2. The predicted octanol–water partition coefficient (Wildman–Crippen LogP) is 6.25. The van der Waals surface area contributed by atoms with Crippen LogP contribution in [0.15, 0.2) is 85.2 Å². The molecule has 0 spiro atoms. The minimum Gasteiger partial charge on any atom is -0.361 e. The Morgan fingerprint density at radius 1 is 1.08 bits per heavy atom. The highest BCUT2D eigenvalue weighted by atomic mass is 35.5. The first-order valence-corrected chi connectivity index (χ1v) is 12.3. The highest BCUT2D eigenvalue weighted by Crippen LogP contribution is 2.30. The van der Waals surface area contributed by atoms with E-state index in [1.807, 2.05) is 41.1 Å². The van der Waals surface area contributed by atoms with E-state index in [2.05, 4.69) is 15.3 Å². The Labute approximate surface area is 221 Å². The number of hydrogen-bond acceptors (Lipinski definition) is 3. The van der Waals surface area contributed by atoms with Gasteiger partial charge in [0.15, 0.2) is 0 Å². The van der Waals surface area contributed by atoms with Crippen molar-refractivity contribution in [3.8, 4) is 16.9 Å². The van der Waals surface area contributed by atoms with Gasteiger partial charge >= 0.3 is 0 Å². The van der Waals surface area contributed by atoms with Gasteiger partial charge in [0.2, 0.25) is 11.5 Å². The van der Waals surface area contributed by atoms with Crippen molar-refractivity contribution in [3.05, 3.63) is 107 Å². The number of aromatic amines is 1. The number of hydrogen-bond donors (Lipinski definition) is 3. The number of pyridine rings is 1. The number of aromatic nitrogens is 4. The molecule has 0 aliphatic rings. The maximum atomic E-state index is 14.4. The Bertz CT molecular complexity index is 1900. The number of nitrogens with zero attached hydrogens (tertiary/aromatic N) is 3. The van der Waals surface area contributed by atoms with Crippen LogP contribution >= 0.6 is 11.6 Å². The number of rotatable bonds is 5. The summed E-state index contributed by atoms with van der Waals surface area (Å²) in [4.78, 5) is 19.5. The van der Waals surface area contributed by atoms with E-state index in [0.717, 1.165) is 22.0 Å². The maximum Gasteiger partial charge on any atom is 0.221 e. The van der Waals surface area contributed by atoms with Crippen LogP contribution in [-0.2, 0) is 11.3 Å². The highest BCUT2D eigenvalue weighted by molar-refractivity contribution is 6.31. The third kappa shape index (κ3) is 4.14. The molecule has 6 aromatic rings. The predicted molar refractivity (Wildman–Crippen MR) is 147 cm³/mol. The van der Waals surface area contributed by atoms with Crippen molar-refractivity contribution in [2.75, 3.05) is 5.32 Å². The summed E-state index contributed by atoms with van der Waals surface area (Å²) in [6, 6.07) is 21.3. The van der Waals surface area contributed by atoms with Crippen LogP contribution in [0.25, 0.3) is 38.9 Å². The molecule has 188 valence electrons. The number of carbonyl (C=O) groups is 1. The van der Waals surface area contributed by atoms with E-state index in [1.54, 1.807) is 41.1 Å². The summed E-state index contributed by atoms with van der Waals surface area (Å²) in [5.41, 5.74) is 6.02. The lowest BCUT2D eigenvalue weighted by Crippen LogP contribution is -2.24. The van der Waals surface area contributed by atoms with Gasteiger partial charge in [-0.25, -0.2) is 4.39 Å². The molecule has 0 aliphatic heterocycles. The van der Waals surface area contributed by atoms with Crippen LogP contribution in [0, 0.1) is 11.2 Å². The summed E-state index contributed by atoms with van der Waals surface area (Å²) in [6.07, 6.45) is 3.52. The van der Waals surface area contributed by atoms with Gasteiger partial charge in [-0.05, 0) is 60.2 Å². The van der Waals surface area contributed by atoms with Crippen LogP contribution in [0.5, 0.6) is 0 Å². The Balaban J connectivity index is 1.46. The Kier molecular flexibility index (Phi) is 5.81. The number of amides is 1. The normalized spacial score (nSPS) is 11.3. The lowest BCUT2D eigenvalue weighted by molar-refractivity contribution is -0.114. The molecule has 3 aromatic carbocycles. The van der Waals surface area contributed by atoms with E-state index in [9.17, 15) is 9.18 Å². The molecular weight excluding hydrogens is 503 g/mol. The smallest absolute Gasteiger partial charge is 0.221 e. The summed E-state index contributed by atoms with van der Waals surface area (Å²) in [7, 11) is 0. The van der Waals surface area contributed by atoms with Crippen molar-refractivity contribution in [2.24, 2.45) is 0 Å². The number of halogens is 2. The quantitative estimate of drug-likeness (QED) is 0.248. The van der Waals surface area contributed by atoms with E-state index >= 15 is 0 Å². The third-order valence-corrected chi connectivity index (χ3v) is 6.76. The van der Waals surface area contributed by atoms with Gasteiger partial charge in [0.25, 0.3) is 0 Å². The van der Waals surface area contributed by atoms with E-state index < -0.39 is 0 Å². The van der Waals surface area contributed by atoms with Gasteiger partial charge in [0.05, 0.1) is 40.8 Å².